The predicted octanol–water partition coefficient (Wildman–Crippen LogP) is 1.52. The molecule has 1 aromatic carbocycles. The molecular formula is C19H24O7. The molecule has 0 aromatic heterocycles. The van der Waals surface area contributed by atoms with Crippen LogP contribution < -0.4 is 4.74 Å². The lowest BCUT2D eigenvalue weighted by Crippen LogP contribution is -2.33. The number of carbonyl (C=O) groups is 2. The molecule has 7 heteroatoms. The molecule has 0 radical (unpaired) electrons. The number of hydrogen-bond acceptors (Lipinski definition) is 7. The summed E-state index contributed by atoms with van der Waals surface area (Å²) in [6.45, 7) is 1.66. The van der Waals surface area contributed by atoms with E-state index >= 15 is 0 Å². The molecule has 0 saturated heterocycles. The molecule has 26 heavy (non-hydrogen) atoms. The molecule has 0 bridgehead atoms. The summed E-state index contributed by atoms with van der Waals surface area (Å²) in [7, 11) is 1.45. The van der Waals surface area contributed by atoms with E-state index < -0.39 is 30.1 Å². The number of phenolic OH excluding ortho intramolecular Hbond substituents is 1. The van der Waals surface area contributed by atoms with Crippen LogP contribution in [0.2, 0.25) is 0 Å². The van der Waals surface area contributed by atoms with Gasteiger partial charge in [0.05, 0.1) is 13.2 Å². The van der Waals surface area contributed by atoms with Crippen LogP contribution in [0.4, 0.5) is 0 Å². The summed E-state index contributed by atoms with van der Waals surface area (Å²) in [4.78, 5) is 24.3. The van der Waals surface area contributed by atoms with Crippen molar-refractivity contribution in [1.29, 1.82) is 0 Å². The molecule has 0 fully saturated rings. The van der Waals surface area contributed by atoms with Gasteiger partial charge in [0.1, 0.15) is 29.3 Å². The van der Waals surface area contributed by atoms with E-state index in [1.54, 1.807) is 13.0 Å². The van der Waals surface area contributed by atoms with Gasteiger partial charge >= 0.3 is 5.97 Å². The maximum absolute atomic E-state index is 12.5. The minimum atomic E-state index is -1.50. The van der Waals surface area contributed by atoms with Crippen LogP contribution in [0.5, 0.6) is 11.5 Å². The van der Waals surface area contributed by atoms with Crippen LogP contribution in [-0.4, -0.2) is 52.5 Å². The summed E-state index contributed by atoms with van der Waals surface area (Å²) in [5, 5.41) is 30.1. The molecule has 1 aliphatic heterocycles. The molecule has 0 aliphatic carbocycles. The van der Waals surface area contributed by atoms with Crippen LogP contribution in [0, 0.1) is 0 Å². The van der Waals surface area contributed by atoms with Gasteiger partial charge in [-0.05, 0) is 43.9 Å². The first-order valence-corrected chi connectivity index (χ1v) is 8.50. The van der Waals surface area contributed by atoms with Gasteiger partial charge in [-0.3, -0.25) is 4.79 Å². The number of esters is 1. The van der Waals surface area contributed by atoms with E-state index in [2.05, 4.69) is 0 Å². The molecule has 0 spiro atoms. The first-order valence-electron chi connectivity index (χ1n) is 8.50. The van der Waals surface area contributed by atoms with Gasteiger partial charge in [-0.1, -0.05) is 6.08 Å². The van der Waals surface area contributed by atoms with Crippen molar-refractivity contribution >= 4 is 11.8 Å². The Hall–Kier alpha value is -2.38. The molecule has 1 aliphatic rings. The fraction of sp³-hybridized carbons (Fsp3) is 0.474. The van der Waals surface area contributed by atoms with Crippen LogP contribution in [-0.2, 0) is 16.0 Å². The number of aliphatic hydroxyl groups excluding tert-OH is 2. The van der Waals surface area contributed by atoms with E-state index in [0.29, 0.717) is 24.2 Å². The number of ether oxygens (including phenoxy) is 2. The van der Waals surface area contributed by atoms with Crippen LogP contribution >= 0.6 is 0 Å². The van der Waals surface area contributed by atoms with Crippen LogP contribution in [0.25, 0.3) is 0 Å². The maximum Gasteiger partial charge on any atom is 0.342 e. The zero-order valence-electron chi connectivity index (χ0n) is 14.8. The van der Waals surface area contributed by atoms with Crippen molar-refractivity contribution in [3.05, 3.63) is 35.4 Å². The fourth-order valence-electron chi connectivity index (χ4n) is 2.82. The monoisotopic (exact) mass is 364 g/mol. The number of benzene rings is 1. The van der Waals surface area contributed by atoms with Crippen molar-refractivity contribution in [1.82, 2.24) is 0 Å². The minimum absolute atomic E-state index is 0.0600. The van der Waals surface area contributed by atoms with E-state index in [-0.39, 0.29) is 24.2 Å². The average molecular weight is 364 g/mol. The van der Waals surface area contributed by atoms with Gasteiger partial charge in [0.25, 0.3) is 0 Å². The number of cyclic esters (lactones) is 1. The zero-order valence-corrected chi connectivity index (χ0v) is 14.8. The second-order valence-corrected chi connectivity index (χ2v) is 6.34. The van der Waals surface area contributed by atoms with Gasteiger partial charge in [-0.25, -0.2) is 4.79 Å². The molecule has 3 N–H and O–H groups in total. The van der Waals surface area contributed by atoms with E-state index in [1.807, 2.05) is 0 Å². The Labute approximate surface area is 151 Å². The average Bonchev–Trinajstić information content (AvgIpc) is 2.59. The largest absolute Gasteiger partial charge is 0.507 e. The number of ketones is 1. The Balaban J connectivity index is 2.36. The number of fused-ring (bicyclic) bond motifs is 1. The molecule has 7 nitrogen and oxygen atoms in total. The van der Waals surface area contributed by atoms with E-state index in [9.17, 15) is 24.9 Å². The van der Waals surface area contributed by atoms with Gasteiger partial charge in [0, 0.05) is 12.5 Å². The standard InChI is InChI=1S/C19H24O7/c1-11-5-3-7-14(20)18(23)15(21)8-4-6-12-9-13(25-2)10-16(22)17(12)19(24)26-11/h3,7,9-11,15,18,21-23H,4-6,8H2,1-2H3/b7-3-/t11-,15-,18+/m0/s1. The van der Waals surface area contributed by atoms with Crippen LogP contribution in [0.15, 0.2) is 24.3 Å². The van der Waals surface area contributed by atoms with E-state index in [1.165, 1.54) is 25.3 Å². The van der Waals surface area contributed by atoms with E-state index in [0.717, 1.165) is 0 Å². The van der Waals surface area contributed by atoms with Gasteiger partial charge < -0.3 is 24.8 Å². The molecule has 3 atom stereocenters. The number of hydrogen-bond donors (Lipinski definition) is 3. The zero-order chi connectivity index (χ0) is 19.3. The smallest absolute Gasteiger partial charge is 0.342 e. The van der Waals surface area contributed by atoms with Crippen LogP contribution in [0.3, 0.4) is 0 Å². The Morgan fingerprint density at radius 2 is 1.96 bits per heavy atom. The topological polar surface area (TPSA) is 113 Å². The highest BCUT2D eigenvalue weighted by molar-refractivity contribution is 5.95. The van der Waals surface area contributed by atoms with Crippen molar-refractivity contribution in [2.75, 3.05) is 7.11 Å². The number of aryl methyl sites for hydroxylation is 1. The highest BCUT2D eigenvalue weighted by Gasteiger charge is 2.25. The number of rotatable bonds is 1. The summed E-state index contributed by atoms with van der Waals surface area (Å²) >= 11 is 0. The Morgan fingerprint density at radius 3 is 2.65 bits per heavy atom. The van der Waals surface area contributed by atoms with Crippen molar-refractivity contribution in [2.45, 2.75) is 50.9 Å². The van der Waals surface area contributed by atoms with Gasteiger partial charge in [-0.15, -0.1) is 0 Å². The molecule has 0 unspecified atom stereocenters. The summed E-state index contributed by atoms with van der Waals surface area (Å²) in [6, 6.07) is 2.96. The molecule has 0 amide bonds. The summed E-state index contributed by atoms with van der Waals surface area (Å²) < 4.78 is 10.5. The SMILES string of the molecule is COc1cc(O)c2c(c1)CCC[C@H](O)[C@H](O)C(=O)/C=C\C[C@H](C)OC2=O. The number of aliphatic hydroxyl groups is 2. The van der Waals surface area contributed by atoms with Crippen molar-refractivity contribution < 1.29 is 34.4 Å². The number of carbonyl (C=O) groups excluding carboxylic acids is 2. The third-order valence-corrected chi connectivity index (χ3v) is 4.27. The number of methoxy groups -OCH3 is 1. The fourth-order valence-corrected chi connectivity index (χ4v) is 2.82. The minimum Gasteiger partial charge on any atom is -0.507 e. The van der Waals surface area contributed by atoms with Crippen LogP contribution in [0.1, 0.15) is 42.1 Å². The van der Waals surface area contributed by atoms with Gasteiger partial charge in [-0.2, -0.15) is 0 Å². The maximum atomic E-state index is 12.5. The van der Waals surface area contributed by atoms with E-state index in [4.69, 9.17) is 9.47 Å². The summed E-state index contributed by atoms with van der Waals surface area (Å²) in [5.74, 6) is -1.10. The Kier molecular flexibility index (Phi) is 6.76. The lowest BCUT2D eigenvalue weighted by atomic mass is 9.97. The second-order valence-electron chi connectivity index (χ2n) is 6.34. The first-order chi connectivity index (χ1) is 12.3. The first kappa shape index (κ1) is 19.9. The number of phenols is 1. The third kappa shape index (κ3) is 4.83. The predicted molar refractivity (Wildman–Crippen MR) is 93.3 cm³/mol. The van der Waals surface area contributed by atoms with Gasteiger partial charge in [0.2, 0.25) is 0 Å². The van der Waals surface area contributed by atoms with Crippen molar-refractivity contribution in [3.8, 4) is 11.5 Å². The lowest BCUT2D eigenvalue weighted by molar-refractivity contribution is -0.128. The number of aromatic hydroxyl groups is 1. The highest BCUT2D eigenvalue weighted by Crippen LogP contribution is 2.30. The Bertz CT molecular complexity index is 695. The molecular weight excluding hydrogens is 340 g/mol. The Morgan fingerprint density at radius 1 is 1.23 bits per heavy atom. The lowest BCUT2D eigenvalue weighted by Gasteiger charge is -2.18. The molecule has 2 rings (SSSR count). The second kappa shape index (κ2) is 8.82. The molecule has 0 saturated carbocycles. The van der Waals surface area contributed by atoms with Crippen molar-refractivity contribution in [2.24, 2.45) is 0 Å². The third-order valence-electron chi connectivity index (χ3n) is 4.27. The normalized spacial score (nSPS) is 26.4. The van der Waals surface area contributed by atoms with Gasteiger partial charge in [0.15, 0.2) is 5.78 Å². The molecule has 142 valence electrons. The molecule has 1 aromatic rings. The van der Waals surface area contributed by atoms with Crippen molar-refractivity contribution in [3.63, 3.8) is 0 Å². The molecule has 1 heterocycles. The quantitative estimate of drug-likeness (QED) is 0.648. The summed E-state index contributed by atoms with van der Waals surface area (Å²) in [6.07, 6.45) is 0.556. The highest BCUT2D eigenvalue weighted by atomic mass is 16.5. The summed E-state index contributed by atoms with van der Waals surface area (Å²) in [5.41, 5.74) is 0.574.